The summed E-state index contributed by atoms with van der Waals surface area (Å²) >= 11 is 0. The minimum Gasteiger partial charge on any atom is -0.374 e. The second-order valence-electron chi connectivity index (χ2n) is 6.36. The molecule has 0 unspecified atom stereocenters. The molecule has 0 bridgehead atoms. The average Bonchev–Trinajstić information content (AvgIpc) is 2.55. The number of methoxy groups -OCH3 is 2. The highest BCUT2D eigenvalue weighted by Gasteiger charge is 2.26. The van der Waals surface area contributed by atoms with Crippen molar-refractivity contribution >= 4 is 0 Å². The number of ether oxygens (including phenoxy) is 2. The molecule has 0 aliphatic heterocycles. The predicted molar refractivity (Wildman–Crippen MR) is 87.5 cm³/mol. The standard InChI is InChI=1S/C18H24N2O2/c1-17(2,21-5)15-7-13(14-10-19-12-20-11-14)8-16(9-15)18(3,4)22-6/h7-12H,1-6H3. The molecule has 0 saturated carbocycles. The van der Waals surface area contributed by atoms with Crippen molar-refractivity contribution in [2.45, 2.75) is 38.9 Å². The molecule has 4 nitrogen and oxygen atoms in total. The fraction of sp³-hybridized carbons (Fsp3) is 0.444. The molecule has 2 aromatic rings. The third kappa shape index (κ3) is 3.34. The Bertz CT molecular complexity index is 603. The lowest BCUT2D eigenvalue weighted by Crippen LogP contribution is -2.23. The molecule has 1 aromatic heterocycles. The van der Waals surface area contributed by atoms with Crippen LogP contribution in [0, 0.1) is 0 Å². The van der Waals surface area contributed by atoms with Gasteiger partial charge in [-0.3, -0.25) is 0 Å². The number of hydrogen-bond acceptors (Lipinski definition) is 4. The Balaban J connectivity index is 2.65. The van der Waals surface area contributed by atoms with Crippen LogP contribution in [0.2, 0.25) is 0 Å². The molecule has 0 aliphatic rings. The summed E-state index contributed by atoms with van der Waals surface area (Å²) in [4.78, 5) is 8.22. The number of rotatable bonds is 5. The molecular weight excluding hydrogens is 276 g/mol. The number of benzene rings is 1. The smallest absolute Gasteiger partial charge is 0.115 e. The second kappa shape index (κ2) is 6.15. The first-order valence-corrected chi connectivity index (χ1v) is 7.32. The highest BCUT2D eigenvalue weighted by molar-refractivity contribution is 5.64. The van der Waals surface area contributed by atoms with Crippen LogP contribution in [-0.4, -0.2) is 24.2 Å². The molecule has 0 spiro atoms. The van der Waals surface area contributed by atoms with Crippen LogP contribution in [0.4, 0.5) is 0 Å². The van der Waals surface area contributed by atoms with Crippen LogP contribution in [0.3, 0.4) is 0 Å². The molecule has 118 valence electrons. The summed E-state index contributed by atoms with van der Waals surface area (Å²) in [5.41, 5.74) is 3.45. The zero-order chi connectivity index (χ0) is 16.4. The van der Waals surface area contributed by atoms with Crippen molar-refractivity contribution < 1.29 is 9.47 Å². The minimum absolute atomic E-state index is 0.385. The van der Waals surface area contributed by atoms with Crippen LogP contribution < -0.4 is 0 Å². The SMILES string of the molecule is COC(C)(C)c1cc(-c2cncnc2)cc(C(C)(C)OC)c1. The van der Waals surface area contributed by atoms with Crippen LogP contribution in [0.1, 0.15) is 38.8 Å². The molecule has 1 heterocycles. The molecular formula is C18H24N2O2. The van der Waals surface area contributed by atoms with Gasteiger partial charge in [0.15, 0.2) is 0 Å². The quantitative estimate of drug-likeness (QED) is 0.840. The Morgan fingerprint density at radius 2 is 1.18 bits per heavy atom. The van der Waals surface area contributed by atoms with Crippen LogP contribution in [-0.2, 0) is 20.7 Å². The Kier molecular flexibility index (Phi) is 4.63. The third-order valence-corrected chi connectivity index (χ3v) is 4.24. The van der Waals surface area contributed by atoms with E-state index >= 15 is 0 Å². The molecule has 22 heavy (non-hydrogen) atoms. The highest BCUT2D eigenvalue weighted by Crippen LogP contribution is 2.34. The molecule has 0 saturated heterocycles. The van der Waals surface area contributed by atoms with Gasteiger partial charge in [0.05, 0.1) is 11.2 Å². The van der Waals surface area contributed by atoms with Crippen LogP contribution >= 0.6 is 0 Å². The first-order valence-electron chi connectivity index (χ1n) is 7.32. The van der Waals surface area contributed by atoms with E-state index in [-0.39, 0.29) is 11.2 Å². The summed E-state index contributed by atoms with van der Waals surface area (Å²) in [6.07, 6.45) is 5.16. The number of nitrogens with zero attached hydrogens (tertiary/aromatic N) is 2. The topological polar surface area (TPSA) is 44.2 Å². The lowest BCUT2D eigenvalue weighted by Gasteiger charge is -2.29. The van der Waals surface area contributed by atoms with Gasteiger partial charge < -0.3 is 9.47 Å². The average molecular weight is 300 g/mol. The maximum Gasteiger partial charge on any atom is 0.115 e. The predicted octanol–water partition coefficient (Wildman–Crippen LogP) is 3.91. The third-order valence-electron chi connectivity index (χ3n) is 4.24. The molecule has 0 fully saturated rings. The maximum absolute atomic E-state index is 5.64. The first kappa shape index (κ1) is 16.6. The van der Waals surface area contributed by atoms with Crippen LogP contribution in [0.25, 0.3) is 11.1 Å². The van der Waals surface area contributed by atoms with E-state index in [1.165, 1.54) is 6.33 Å². The second-order valence-corrected chi connectivity index (χ2v) is 6.36. The van der Waals surface area contributed by atoms with E-state index in [0.717, 1.165) is 22.3 Å². The minimum atomic E-state index is -0.385. The van der Waals surface area contributed by atoms with Gasteiger partial charge in [0.2, 0.25) is 0 Å². The van der Waals surface area contributed by atoms with Crippen molar-refractivity contribution in [1.29, 1.82) is 0 Å². The van der Waals surface area contributed by atoms with Gasteiger partial charge in [-0.1, -0.05) is 6.07 Å². The zero-order valence-electron chi connectivity index (χ0n) is 14.2. The van der Waals surface area contributed by atoms with E-state index in [0.29, 0.717) is 0 Å². The molecule has 0 radical (unpaired) electrons. The van der Waals surface area contributed by atoms with Crippen molar-refractivity contribution in [3.05, 3.63) is 48.0 Å². The lowest BCUT2D eigenvalue weighted by molar-refractivity contribution is 0.0135. The van der Waals surface area contributed by atoms with E-state index in [1.807, 2.05) is 12.4 Å². The van der Waals surface area contributed by atoms with Crippen LogP contribution in [0.5, 0.6) is 0 Å². The summed E-state index contributed by atoms with van der Waals surface area (Å²) in [7, 11) is 3.44. The summed E-state index contributed by atoms with van der Waals surface area (Å²) < 4.78 is 11.3. The van der Waals surface area contributed by atoms with E-state index in [2.05, 4.69) is 55.9 Å². The van der Waals surface area contributed by atoms with Gasteiger partial charge in [0, 0.05) is 32.2 Å². The fourth-order valence-electron chi connectivity index (χ4n) is 2.17. The van der Waals surface area contributed by atoms with E-state index in [9.17, 15) is 0 Å². The van der Waals surface area contributed by atoms with E-state index in [1.54, 1.807) is 14.2 Å². The first-order chi connectivity index (χ1) is 10.3. The monoisotopic (exact) mass is 300 g/mol. The zero-order valence-corrected chi connectivity index (χ0v) is 14.2. The molecule has 0 amide bonds. The summed E-state index contributed by atoms with van der Waals surface area (Å²) in [5.74, 6) is 0. The Morgan fingerprint density at radius 1 is 0.727 bits per heavy atom. The Labute approximate surface area is 132 Å². The summed E-state index contributed by atoms with van der Waals surface area (Å²) in [5, 5.41) is 0. The highest BCUT2D eigenvalue weighted by atomic mass is 16.5. The van der Waals surface area contributed by atoms with Crippen molar-refractivity contribution in [3.8, 4) is 11.1 Å². The molecule has 0 aliphatic carbocycles. The van der Waals surface area contributed by atoms with Gasteiger partial charge in [-0.2, -0.15) is 0 Å². The van der Waals surface area contributed by atoms with E-state index in [4.69, 9.17) is 9.47 Å². The lowest BCUT2D eigenvalue weighted by atomic mass is 9.87. The normalized spacial score (nSPS) is 12.5. The Morgan fingerprint density at radius 3 is 1.59 bits per heavy atom. The van der Waals surface area contributed by atoms with E-state index < -0.39 is 0 Å². The van der Waals surface area contributed by atoms with Crippen molar-refractivity contribution in [2.24, 2.45) is 0 Å². The molecule has 0 N–H and O–H groups in total. The van der Waals surface area contributed by atoms with Gasteiger partial charge in [0.1, 0.15) is 6.33 Å². The van der Waals surface area contributed by atoms with Crippen molar-refractivity contribution in [3.63, 3.8) is 0 Å². The van der Waals surface area contributed by atoms with Gasteiger partial charge in [0.25, 0.3) is 0 Å². The fourth-order valence-corrected chi connectivity index (χ4v) is 2.17. The molecule has 1 aromatic carbocycles. The summed E-state index contributed by atoms with van der Waals surface area (Å²) in [6, 6.07) is 6.38. The van der Waals surface area contributed by atoms with Crippen molar-refractivity contribution in [2.75, 3.05) is 14.2 Å². The maximum atomic E-state index is 5.64. The molecule has 2 rings (SSSR count). The number of hydrogen-bond donors (Lipinski definition) is 0. The molecule has 4 heteroatoms. The molecule has 0 atom stereocenters. The largest absolute Gasteiger partial charge is 0.374 e. The van der Waals surface area contributed by atoms with Gasteiger partial charge in [-0.05, 0) is 56.5 Å². The summed E-state index contributed by atoms with van der Waals surface area (Å²) in [6.45, 7) is 8.21. The van der Waals surface area contributed by atoms with Gasteiger partial charge >= 0.3 is 0 Å². The van der Waals surface area contributed by atoms with Gasteiger partial charge in [-0.25, -0.2) is 9.97 Å². The van der Waals surface area contributed by atoms with Gasteiger partial charge in [-0.15, -0.1) is 0 Å². The van der Waals surface area contributed by atoms with Crippen molar-refractivity contribution in [1.82, 2.24) is 9.97 Å². The number of aromatic nitrogens is 2. The van der Waals surface area contributed by atoms with Crippen LogP contribution in [0.15, 0.2) is 36.9 Å². The Hall–Kier alpha value is -1.78.